The summed E-state index contributed by atoms with van der Waals surface area (Å²) in [5, 5.41) is 12.6. The third-order valence-electron chi connectivity index (χ3n) is 1.67. The van der Waals surface area contributed by atoms with Gasteiger partial charge in [0.15, 0.2) is 0 Å². The second kappa shape index (κ2) is 4.38. The lowest BCUT2D eigenvalue weighted by atomic mass is 10.1. The summed E-state index contributed by atoms with van der Waals surface area (Å²) in [4.78, 5) is 11.7. The Kier molecular flexibility index (Phi) is 3.36. The van der Waals surface area contributed by atoms with Gasteiger partial charge in [0.25, 0.3) is 0 Å². The van der Waals surface area contributed by atoms with Gasteiger partial charge in [0, 0.05) is 5.54 Å². The molecular formula is C9H17N5O2. The summed E-state index contributed by atoms with van der Waals surface area (Å²) in [5.74, 6) is -0.149. The van der Waals surface area contributed by atoms with Crippen molar-refractivity contribution in [2.24, 2.45) is 0 Å². The number of nitrogens with one attached hydrogen (secondary N) is 2. The number of carbonyl (C=O) groups excluding carboxylic acids is 1. The largest absolute Gasteiger partial charge is 0.390 e. The van der Waals surface area contributed by atoms with Gasteiger partial charge in [0.1, 0.15) is 6.04 Å². The quantitative estimate of drug-likeness (QED) is 0.688. The summed E-state index contributed by atoms with van der Waals surface area (Å²) >= 11 is 0. The molecule has 0 fully saturated rings. The molecule has 1 atom stereocenters. The van der Waals surface area contributed by atoms with Gasteiger partial charge in [0.05, 0.1) is 0 Å². The molecule has 90 valence electrons. The summed E-state index contributed by atoms with van der Waals surface area (Å²) < 4.78 is 4.90. The van der Waals surface area contributed by atoms with Gasteiger partial charge in [-0.2, -0.15) is 0 Å². The molecule has 1 aromatic rings. The third kappa shape index (κ3) is 3.76. The molecule has 0 aliphatic heterocycles. The molecule has 0 saturated carbocycles. The number of aromatic nitrogens is 2. The first-order chi connectivity index (χ1) is 7.28. The van der Waals surface area contributed by atoms with Crippen molar-refractivity contribution < 1.29 is 9.21 Å². The van der Waals surface area contributed by atoms with Gasteiger partial charge in [0.2, 0.25) is 5.91 Å². The molecule has 0 radical (unpaired) electrons. The zero-order valence-electron chi connectivity index (χ0n) is 9.87. The summed E-state index contributed by atoms with van der Waals surface area (Å²) in [5.41, 5.74) is 4.97. The van der Waals surface area contributed by atoms with Crippen molar-refractivity contribution in [1.82, 2.24) is 15.5 Å². The van der Waals surface area contributed by atoms with Gasteiger partial charge in [-0.15, -0.1) is 0 Å². The maximum atomic E-state index is 11.7. The van der Waals surface area contributed by atoms with E-state index in [9.17, 15) is 4.79 Å². The van der Waals surface area contributed by atoms with Crippen LogP contribution >= 0.6 is 0 Å². The molecule has 0 bridgehead atoms. The topological polar surface area (TPSA) is 106 Å². The van der Waals surface area contributed by atoms with Crippen LogP contribution in [0.1, 0.15) is 27.7 Å². The van der Waals surface area contributed by atoms with E-state index >= 15 is 0 Å². The average Bonchev–Trinajstić information content (AvgIpc) is 2.48. The minimum atomic E-state index is -0.473. The van der Waals surface area contributed by atoms with Gasteiger partial charge in [-0.1, -0.05) is 10.2 Å². The van der Waals surface area contributed by atoms with Gasteiger partial charge < -0.3 is 20.8 Å². The molecule has 1 heterocycles. The fourth-order valence-corrected chi connectivity index (χ4v) is 1.02. The number of rotatable bonds is 3. The number of nitrogen functional groups attached to an aromatic ring is 1. The molecule has 0 aromatic carbocycles. The maximum Gasteiger partial charge on any atom is 0.317 e. The van der Waals surface area contributed by atoms with Crippen LogP contribution < -0.4 is 16.4 Å². The van der Waals surface area contributed by atoms with E-state index in [4.69, 9.17) is 10.2 Å². The Balaban J connectivity index is 2.52. The average molecular weight is 227 g/mol. The highest BCUT2D eigenvalue weighted by atomic mass is 16.4. The molecule has 1 rings (SSSR count). The summed E-state index contributed by atoms with van der Waals surface area (Å²) in [6, 6.07) is -0.376. The molecule has 7 heteroatoms. The first-order valence-corrected chi connectivity index (χ1v) is 4.95. The monoisotopic (exact) mass is 227 g/mol. The number of hydrogen-bond acceptors (Lipinski definition) is 6. The lowest BCUT2D eigenvalue weighted by molar-refractivity contribution is -0.122. The molecule has 0 aliphatic rings. The second-order valence-corrected chi connectivity index (χ2v) is 4.55. The van der Waals surface area contributed by atoms with Crippen LogP contribution in [0.2, 0.25) is 0 Å². The van der Waals surface area contributed by atoms with Crippen molar-refractivity contribution in [1.29, 1.82) is 0 Å². The minimum Gasteiger partial charge on any atom is -0.390 e. The lowest BCUT2D eigenvalue weighted by Gasteiger charge is -2.23. The number of anilines is 2. The number of carbonyl (C=O) groups is 1. The van der Waals surface area contributed by atoms with Crippen molar-refractivity contribution >= 4 is 17.9 Å². The zero-order valence-corrected chi connectivity index (χ0v) is 9.87. The fraction of sp³-hybridized carbons (Fsp3) is 0.667. The van der Waals surface area contributed by atoms with Crippen molar-refractivity contribution in [3.8, 4) is 0 Å². The van der Waals surface area contributed by atoms with Crippen molar-refractivity contribution in [2.45, 2.75) is 39.3 Å². The van der Waals surface area contributed by atoms with Crippen molar-refractivity contribution in [3.63, 3.8) is 0 Å². The molecular weight excluding hydrogens is 210 g/mol. The Labute approximate surface area is 93.8 Å². The van der Waals surface area contributed by atoms with Crippen LogP contribution in [-0.2, 0) is 4.79 Å². The Bertz CT molecular complexity index is 368. The van der Waals surface area contributed by atoms with Gasteiger partial charge in [-0.05, 0) is 27.7 Å². The molecule has 0 saturated heterocycles. The van der Waals surface area contributed by atoms with E-state index < -0.39 is 6.04 Å². The fourth-order valence-electron chi connectivity index (χ4n) is 1.02. The van der Waals surface area contributed by atoms with E-state index in [1.165, 1.54) is 0 Å². The van der Waals surface area contributed by atoms with E-state index in [-0.39, 0.29) is 23.5 Å². The minimum absolute atomic E-state index is 0.0362. The molecule has 1 aromatic heterocycles. The number of nitrogens with two attached hydrogens (primary N) is 1. The number of nitrogens with zero attached hydrogens (tertiary/aromatic N) is 2. The van der Waals surface area contributed by atoms with Gasteiger partial charge in [-0.25, -0.2) is 0 Å². The number of amides is 1. The van der Waals surface area contributed by atoms with Crippen LogP contribution in [0.4, 0.5) is 12.0 Å². The van der Waals surface area contributed by atoms with Gasteiger partial charge >= 0.3 is 12.0 Å². The van der Waals surface area contributed by atoms with Crippen LogP contribution in [0.15, 0.2) is 4.42 Å². The summed E-state index contributed by atoms with van der Waals surface area (Å²) in [7, 11) is 0. The standard InChI is InChI=1S/C9H17N5O2/c1-5(6(15)12-9(2,3)4)11-8-14-13-7(10)16-8/h5H,1-4H3,(H2,10,13)(H,11,14)(H,12,15). The second-order valence-electron chi connectivity index (χ2n) is 4.55. The molecule has 0 aliphatic carbocycles. The normalized spacial score (nSPS) is 13.2. The first kappa shape index (κ1) is 12.3. The molecule has 0 spiro atoms. The molecule has 1 amide bonds. The molecule has 16 heavy (non-hydrogen) atoms. The zero-order chi connectivity index (χ0) is 12.3. The smallest absolute Gasteiger partial charge is 0.317 e. The van der Waals surface area contributed by atoms with E-state index in [2.05, 4.69) is 20.8 Å². The first-order valence-electron chi connectivity index (χ1n) is 4.95. The van der Waals surface area contributed by atoms with E-state index in [0.29, 0.717) is 0 Å². The Morgan fingerprint density at radius 3 is 2.50 bits per heavy atom. The van der Waals surface area contributed by atoms with Crippen LogP contribution in [0.3, 0.4) is 0 Å². The SMILES string of the molecule is CC(Nc1nnc(N)o1)C(=O)NC(C)(C)C. The van der Waals surface area contributed by atoms with Gasteiger partial charge in [-0.3, -0.25) is 4.79 Å². The maximum absolute atomic E-state index is 11.7. The Morgan fingerprint density at radius 2 is 2.06 bits per heavy atom. The van der Waals surface area contributed by atoms with E-state index in [1.54, 1.807) is 6.92 Å². The van der Waals surface area contributed by atoms with Crippen molar-refractivity contribution in [3.05, 3.63) is 0 Å². The number of hydrogen-bond donors (Lipinski definition) is 3. The van der Waals surface area contributed by atoms with Crippen LogP contribution in [-0.4, -0.2) is 27.7 Å². The third-order valence-corrected chi connectivity index (χ3v) is 1.67. The highest BCUT2D eigenvalue weighted by molar-refractivity contribution is 5.84. The predicted molar refractivity (Wildman–Crippen MR) is 59.7 cm³/mol. The summed E-state index contributed by atoms with van der Waals surface area (Å²) in [6.45, 7) is 7.41. The van der Waals surface area contributed by atoms with Crippen LogP contribution in [0, 0.1) is 0 Å². The lowest BCUT2D eigenvalue weighted by Crippen LogP contribution is -2.47. The predicted octanol–water partition coefficient (Wildman–Crippen LogP) is 0.367. The van der Waals surface area contributed by atoms with E-state index in [0.717, 1.165) is 0 Å². The highest BCUT2D eigenvalue weighted by Gasteiger charge is 2.20. The van der Waals surface area contributed by atoms with Crippen LogP contribution in [0.25, 0.3) is 0 Å². The molecule has 7 nitrogen and oxygen atoms in total. The van der Waals surface area contributed by atoms with Crippen LogP contribution in [0.5, 0.6) is 0 Å². The molecule has 4 N–H and O–H groups in total. The van der Waals surface area contributed by atoms with Crippen molar-refractivity contribution in [2.75, 3.05) is 11.1 Å². The molecule has 1 unspecified atom stereocenters. The highest BCUT2D eigenvalue weighted by Crippen LogP contribution is 2.08. The summed E-state index contributed by atoms with van der Waals surface area (Å²) in [6.07, 6.45) is 0. The Hall–Kier alpha value is -1.79. The van der Waals surface area contributed by atoms with E-state index in [1.807, 2.05) is 20.8 Å². The Morgan fingerprint density at radius 1 is 1.44 bits per heavy atom.